The van der Waals surface area contributed by atoms with Crippen molar-refractivity contribution in [1.29, 1.82) is 0 Å². The lowest BCUT2D eigenvalue weighted by Gasteiger charge is -2.18. The van der Waals surface area contributed by atoms with E-state index in [0.29, 0.717) is 19.3 Å². The van der Waals surface area contributed by atoms with Gasteiger partial charge >= 0.3 is 17.9 Å². The van der Waals surface area contributed by atoms with Gasteiger partial charge in [-0.3, -0.25) is 14.4 Å². The van der Waals surface area contributed by atoms with Crippen LogP contribution in [0, 0.1) is 0 Å². The van der Waals surface area contributed by atoms with Gasteiger partial charge in [-0.05, 0) is 70.6 Å². The van der Waals surface area contributed by atoms with Crippen LogP contribution in [0.25, 0.3) is 0 Å². The molecular weight excluding hydrogens is 757 g/mol. The fraction of sp³-hybridized carbons (Fsp3) is 0.727. The molecular formula is C55H94O6. The highest BCUT2D eigenvalue weighted by atomic mass is 16.6. The number of rotatable bonds is 45. The SMILES string of the molecule is CC/C=C\C/C=C\C/C=C\C/C=C\C/C=C\C/C=C\CCCCCCCCCCCCC(=O)OCC(COC(=O)CCCCCCCCC)OC(=O)CCCCCCCCC. The lowest BCUT2D eigenvalue weighted by atomic mass is 10.1. The van der Waals surface area contributed by atoms with Crippen molar-refractivity contribution in [3.63, 3.8) is 0 Å². The van der Waals surface area contributed by atoms with Gasteiger partial charge in [-0.2, -0.15) is 0 Å². The van der Waals surface area contributed by atoms with Crippen molar-refractivity contribution in [1.82, 2.24) is 0 Å². The van der Waals surface area contributed by atoms with Gasteiger partial charge in [-0.15, -0.1) is 0 Å². The van der Waals surface area contributed by atoms with Crippen LogP contribution in [0.5, 0.6) is 0 Å². The zero-order valence-electron chi connectivity index (χ0n) is 39.9. The van der Waals surface area contributed by atoms with Crippen molar-refractivity contribution in [3.05, 3.63) is 72.9 Å². The predicted octanol–water partition coefficient (Wildman–Crippen LogP) is 16.6. The zero-order chi connectivity index (χ0) is 44.4. The van der Waals surface area contributed by atoms with Gasteiger partial charge in [0, 0.05) is 19.3 Å². The number of carbonyl (C=O) groups is 3. The van der Waals surface area contributed by atoms with E-state index in [1.165, 1.54) is 103 Å². The summed E-state index contributed by atoms with van der Waals surface area (Å²) in [5, 5.41) is 0. The molecule has 0 aromatic carbocycles. The largest absolute Gasteiger partial charge is 0.462 e. The van der Waals surface area contributed by atoms with Crippen LogP contribution in [-0.2, 0) is 28.6 Å². The molecule has 0 rings (SSSR count). The Morgan fingerprint density at radius 3 is 1.00 bits per heavy atom. The Morgan fingerprint density at radius 2 is 0.639 bits per heavy atom. The molecule has 6 heteroatoms. The maximum absolute atomic E-state index is 12.6. The van der Waals surface area contributed by atoms with Crippen LogP contribution in [0.15, 0.2) is 72.9 Å². The minimum atomic E-state index is -0.768. The van der Waals surface area contributed by atoms with Crippen LogP contribution in [0.3, 0.4) is 0 Å². The molecule has 0 radical (unpaired) electrons. The average Bonchev–Trinajstić information content (AvgIpc) is 3.26. The van der Waals surface area contributed by atoms with Gasteiger partial charge in [0.2, 0.25) is 0 Å². The van der Waals surface area contributed by atoms with Gasteiger partial charge in [0.25, 0.3) is 0 Å². The van der Waals surface area contributed by atoms with Gasteiger partial charge in [0.1, 0.15) is 13.2 Å². The highest BCUT2D eigenvalue weighted by Crippen LogP contribution is 2.14. The van der Waals surface area contributed by atoms with E-state index < -0.39 is 6.10 Å². The minimum Gasteiger partial charge on any atom is -0.462 e. The monoisotopic (exact) mass is 851 g/mol. The van der Waals surface area contributed by atoms with E-state index in [1.807, 2.05) is 0 Å². The van der Waals surface area contributed by atoms with Crippen molar-refractivity contribution < 1.29 is 28.6 Å². The average molecular weight is 851 g/mol. The van der Waals surface area contributed by atoms with E-state index in [1.54, 1.807) is 0 Å². The predicted molar refractivity (Wildman–Crippen MR) is 261 cm³/mol. The fourth-order valence-electron chi connectivity index (χ4n) is 6.92. The molecule has 0 N–H and O–H groups in total. The molecule has 0 heterocycles. The van der Waals surface area contributed by atoms with Crippen LogP contribution in [0.1, 0.15) is 239 Å². The molecule has 1 atom stereocenters. The second-order valence-corrected chi connectivity index (χ2v) is 16.7. The molecule has 0 spiro atoms. The van der Waals surface area contributed by atoms with Crippen molar-refractivity contribution >= 4 is 17.9 Å². The van der Waals surface area contributed by atoms with Crippen LogP contribution in [0.2, 0.25) is 0 Å². The molecule has 0 amide bonds. The molecule has 0 fully saturated rings. The highest BCUT2D eigenvalue weighted by molar-refractivity contribution is 5.71. The fourth-order valence-corrected chi connectivity index (χ4v) is 6.92. The Morgan fingerprint density at radius 1 is 0.344 bits per heavy atom. The van der Waals surface area contributed by atoms with Crippen LogP contribution >= 0.6 is 0 Å². The summed E-state index contributed by atoms with van der Waals surface area (Å²) in [6.07, 6.45) is 62.2. The maximum Gasteiger partial charge on any atom is 0.306 e. The Bertz CT molecular complexity index is 1160. The lowest BCUT2D eigenvalue weighted by molar-refractivity contribution is -0.167. The van der Waals surface area contributed by atoms with Gasteiger partial charge < -0.3 is 14.2 Å². The first kappa shape index (κ1) is 57.9. The number of allylic oxidation sites excluding steroid dienone is 12. The number of esters is 3. The molecule has 0 aromatic heterocycles. The topological polar surface area (TPSA) is 78.9 Å². The number of unbranched alkanes of at least 4 members (excludes halogenated alkanes) is 22. The van der Waals surface area contributed by atoms with E-state index in [-0.39, 0.29) is 31.1 Å². The van der Waals surface area contributed by atoms with Gasteiger partial charge in [-0.1, -0.05) is 222 Å². The second-order valence-electron chi connectivity index (χ2n) is 16.7. The second kappa shape index (κ2) is 49.5. The minimum absolute atomic E-state index is 0.0746. The first-order valence-electron chi connectivity index (χ1n) is 25.4. The number of hydrogen-bond donors (Lipinski definition) is 0. The van der Waals surface area contributed by atoms with Crippen molar-refractivity contribution in [3.8, 4) is 0 Å². The normalized spacial score (nSPS) is 12.6. The van der Waals surface area contributed by atoms with Crippen molar-refractivity contribution in [2.24, 2.45) is 0 Å². The highest BCUT2D eigenvalue weighted by Gasteiger charge is 2.19. The number of hydrogen-bond acceptors (Lipinski definition) is 6. The molecule has 6 nitrogen and oxygen atoms in total. The maximum atomic E-state index is 12.6. The Labute approximate surface area is 376 Å². The number of carbonyl (C=O) groups excluding carboxylic acids is 3. The van der Waals surface area contributed by atoms with Gasteiger partial charge in [-0.25, -0.2) is 0 Å². The third kappa shape index (κ3) is 47.7. The number of ether oxygens (including phenoxy) is 3. The lowest BCUT2D eigenvalue weighted by Crippen LogP contribution is -2.30. The van der Waals surface area contributed by atoms with E-state index in [2.05, 4.69) is 93.7 Å². The first-order chi connectivity index (χ1) is 30.0. The van der Waals surface area contributed by atoms with Crippen molar-refractivity contribution in [2.45, 2.75) is 245 Å². The van der Waals surface area contributed by atoms with Crippen LogP contribution in [0.4, 0.5) is 0 Å². The molecule has 61 heavy (non-hydrogen) atoms. The molecule has 0 aliphatic heterocycles. The molecule has 0 aliphatic rings. The Balaban J connectivity index is 4.01. The van der Waals surface area contributed by atoms with E-state index >= 15 is 0 Å². The zero-order valence-corrected chi connectivity index (χ0v) is 39.9. The summed E-state index contributed by atoms with van der Waals surface area (Å²) in [4.78, 5) is 37.5. The summed E-state index contributed by atoms with van der Waals surface area (Å²) in [5.41, 5.74) is 0. The van der Waals surface area contributed by atoms with E-state index in [9.17, 15) is 14.4 Å². The summed E-state index contributed by atoms with van der Waals surface area (Å²) in [7, 11) is 0. The summed E-state index contributed by atoms with van der Waals surface area (Å²) < 4.78 is 16.6. The molecule has 0 aromatic rings. The summed E-state index contributed by atoms with van der Waals surface area (Å²) in [6, 6.07) is 0. The molecule has 0 bridgehead atoms. The van der Waals surface area contributed by atoms with E-state index in [0.717, 1.165) is 96.3 Å². The summed E-state index contributed by atoms with van der Waals surface area (Å²) in [6.45, 7) is 6.43. The smallest absolute Gasteiger partial charge is 0.306 e. The van der Waals surface area contributed by atoms with Gasteiger partial charge in [0.15, 0.2) is 6.10 Å². The molecule has 1 unspecified atom stereocenters. The Kier molecular flexibility index (Phi) is 46.9. The van der Waals surface area contributed by atoms with Crippen LogP contribution < -0.4 is 0 Å². The quantitative estimate of drug-likeness (QED) is 0.0263. The van der Waals surface area contributed by atoms with E-state index in [4.69, 9.17) is 14.2 Å². The van der Waals surface area contributed by atoms with Crippen molar-refractivity contribution in [2.75, 3.05) is 13.2 Å². The standard InChI is InChI=1S/C55H94O6/c1-4-7-10-13-16-17-18-19-20-21-22-23-24-25-26-27-28-29-30-31-32-33-34-35-36-37-40-42-45-48-54(57)60-51-52(61-55(58)49-46-43-39-15-12-9-6-3)50-59-53(56)47-44-41-38-14-11-8-5-2/h7,10,16-17,19-20,22-23,25-26,28-29,52H,4-6,8-9,11-15,18,21,24,27,30-51H2,1-3H3/b10-7-,17-16-,20-19-,23-22-,26-25-,29-28-. The summed E-state index contributed by atoms with van der Waals surface area (Å²) in [5.74, 6) is -0.893. The molecule has 0 aliphatic carbocycles. The van der Waals surface area contributed by atoms with Crippen LogP contribution in [-0.4, -0.2) is 37.2 Å². The third-order valence-electron chi connectivity index (χ3n) is 10.7. The molecule has 0 saturated heterocycles. The molecule has 350 valence electrons. The first-order valence-corrected chi connectivity index (χ1v) is 25.4. The molecule has 0 saturated carbocycles. The van der Waals surface area contributed by atoms with Gasteiger partial charge in [0.05, 0.1) is 0 Å². The third-order valence-corrected chi connectivity index (χ3v) is 10.7. The summed E-state index contributed by atoms with van der Waals surface area (Å²) >= 11 is 0. The Hall–Kier alpha value is -3.15.